The highest BCUT2D eigenvalue weighted by atomic mass is 16.2. The zero-order chi connectivity index (χ0) is 16.4. The highest BCUT2D eigenvalue weighted by Crippen LogP contribution is 2.37. The molecule has 1 N–H and O–H groups in total. The monoisotopic (exact) mass is 314 g/mol. The summed E-state index contributed by atoms with van der Waals surface area (Å²) in [5, 5.41) is 2.78. The van der Waals surface area contributed by atoms with Crippen LogP contribution in [0.1, 0.15) is 36.8 Å². The molecule has 2 aliphatic rings. The number of benzene rings is 1. The van der Waals surface area contributed by atoms with Crippen molar-refractivity contribution in [1.29, 1.82) is 0 Å². The molecule has 3 rings (SSSR count). The van der Waals surface area contributed by atoms with Crippen molar-refractivity contribution in [2.45, 2.75) is 39.2 Å². The zero-order valence-corrected chi connectivity index (χ0v) is 13.4. The highest BCUT2D eigenvalue weighted by Gasteiger charge is 2.48. The Morgan fingerprint density at radius 2 is 1.65 bits per heavy atom. The summed E-state index contributed by atoms with van der Waals surface area (Å²) in [6.07, 6.45) is 3.54. The van der Waals surface area contributed by atoms with Crippen LogP contribution >= 0.6 is 0 Å². The molecule has 1 saturated heterocycles. The fraction of sp³-hybridized carbons (Fsp3) is 0.500. The molecule has 5 nitrogen and oxygen atoms in total. The van der Waals surface area contributed by atoms with E-state index in [1.54, 1.807) is 0 Å². The molecule has 0 radical (unpaired) electrons. The van der Waals surface area contributed by atoms with Gasteiger partial charge in [-0.3, -0.25) is 19.3 Å². The van der Waals surface area contributed by atoms with Crippen molar-refractivity contribution in [2.75, 3.05) is 6.54 Å². The van der Waals surface area contributed by atoms with Crippen LogP contribution in [0.15, 0.2) is 24.3 Å². The van der Waals surface area contributed by atoms with Gasteiger partial charge in [0.1, 0.15) is 6.54 Å². The summed E-state index contributed by atoms with van der Waals surface area (Å²) >= 11 is 0. The second-order valence-electron chi connectivity index (χ2n) is 6.52. The minimum absolute atomic E-state index is 0.156. The molecule has 0 aromatic heterocycles. The van der Waals surface area contributed by atoms with Crippen molar-refractivity contribution in [3.8, 4) is 0 Å². The number of nitrogens with zero attached hydrogens (tertiary/aromatic N) is 1. The lowest BCUT2D eigenvalue weighted by Gasteiger charge is -2.19. The summed E-state index contributed by atoms with van der Waals surface area (Å²) in [7, 11) is 0. The fourth-order valence-electron chi connectivity index (χ4n) is 3.49. The molecule has 0 unspecified atom stereocenters. The first-order valence-corrected chi connectivity index (χ1v) is 8.24. The number of imide groups is 1. The van der Waals surface area contributed by atoms with Gasteiger partial charge in [-0.1, -0.05) is 42.7 Å². The summed E-state index contributed by atoms with van der Waals surface area (Å²) in [5.41, 5.74) is 2.16. The first-order chi connectivity index (χ1) is 11.1. The predicted molar refractivity (Wildman–Crippen MR) is 85.2 cm³/mol. The van der Waals surface area contributed by atoms with Gasteiger partial charge >= 0.3 is 0 Å². The van der Waals surface area contributed by atoms with Gasteiger partial charge in [-0.2, -0.15) is 0 Å². The summed E-state index contributed by atoms with van der Waals surface area (Å²) in [4.78, 5) is 37.9. The van der Waals surface area contributed by atoms with Gasteiger partial charge in [-0.15, -0.1) is 0 Å². The number of hydrogen-bond acceptors (Lipinski definition) is 3. The Balaban J connectivity index is 1.56. The van der Waals surface area contributed by atoms with Crippen LogP contribution in [0.4, 0.5) is 0 Å². The van der Waals surface area contributed by atoms with Gasteiger partial charge in [-0.25, -0.2) is 0 Å². The van der Waals surface area contributed by atoms with Gasteiger partial charge in [0, 0.05) is 6.54 Å². The van der Waals surface area contributed by atoms with Gasteiger partial charge in [0.25, 0.3) is 0 Å². The quantitative estimate of drug-likeness (QED) is 0.862. The lowest BCUT2D eigenvalue weighted by Crippen LogP contribution is -2.40. The Morgan fingerprint density at radius 3 is 2.22 bits per heavy atom. The standard InChI is InChI=1S/C18H22N2O3/c1-12-6-8-13(9-7-12)10-19-16(21)11-20-17(22)14-4-2-3-5-15(14)18(20)23/h6-9,14-15H,2-5,10-11H2,1H3,(H,19,21)/t14-,15+. The maximum Gasteiger partial charge on any atom is 0.240 e. The Kier molecular flexibility index (Phi) is 4.46. The van der Waals surface area contributed by atoms with E-state index in [-0.39, 0.29) is 36.1 Å². The maximum absolute atomic E-state index is 12.3. The van der Waals surface area contributed by atoms with E-state index < -0.39 is 0 Å². The average Bonchev–Trinajstić information content (AvgIpc) is 2.80. The van der Waals surface area contributed by atoms with Crippen LogP contribution in [0.2, 0.25) is 0 Å². The van der Waals surface area contributed by atoms with Crippen molar-refractivity contribution >= 4 is 17.7 Å². The molecule has 2 fully saturated rings. The van der Waals surface area contributed by atoms with Crippen LogP contribution in [-0.4, -0.2) is 29.2 Å². The number of amides is 3. The molecule has 5 heteroatoms. The first-order valence-electron chi connectivity index (χ1n) is 8.24. The smallest absolute Gasteiger partial charge is 0.240 e. The van der Waals surface area contributed by atoms with E-state index in [9.17, 15) is 14.4 Å². The molecule has 0 spiro atoms. The molecule has 1 aromatic carbocycles. The van der Waals surface area contributed by atoms with Crippen LogP contribution in [0, 0.1) is 18.8 Å². The fourth-order valence-corrected chi connectivity index (χ4v) is 3.49. The summed E-state index contributed by atoms with van der Waals surface area (Å²) in [5.74, 6) is -0.997. The van der Waals surface area contributed by atoms with Crippen LogP contribution < -0.4 is 5.32 Å². The summed E-state index contributed by atoms with van der Waals surface area (Å²) in [6, 6.07) is 7.88. The van der Waals surface area contributed by atoms with Crippen molar-refractivity contribution in [1.82, 2.24) is 10.2 Å². The van der Waals surface area contributed by atoms with Crippen LogP contribution in [-0.2, 0) is 20.9 Å². The van der Waals surface area contributed by atoms with E-state index >= 15 is 0 Å². The second kappa shape index (κ2) is 6.52. The van der Waals surface area contributed by atoms with E-state index in [1.807, 2.05) is 31.2 Å². The molecule has 1 heterocycles. The summed E-state index contributed by atoms with van der Waals surface area (Å²) < 4.78 is 0. The van der Waals surface area contributed by atoms with Crippen LogP contribution in [0.3, 0.4) is 0 Å². The highest BCUT2D eigenvalue weighted by molar-refractivity contribution is 6.07. The topological polar surface area (TPSA) is 66.5 Å². The molecular weight excluding hydrogens is 292 g/mol. The number of rotatable bonds is 4. The van der Waals surface area contributed by atoms with E-state index in [0.29, 0.717) is 6.54 Å². The van der Waals surface area contributed by atoms with Crippen LogP contribution in [0.5, 0.6) is 0 Å². The first kappa shape index (κ1) is 15.7. The molecular formula is C18H22N2O3. The molecule has 3 amide bonds. The minimum atomic E-state index is -0.286. The molecule has 122 valence electrons. The van der Waals surface area contributed by atoms with Crippen molar-refractivity contribution in [3.63, 3.8) is 0 Å². The predicted octanol–water partition coefficient (Wildman–Crippen LogP) is 1.79. The molecule has 2 atom stereocenters. The largest absolute Gasteiger partial charge is 0.350 e. The maximum atomic E-state index is 12.3. The number of aryl methyl sites for hydroxylation is 1. The van der Waals surface area contributed by atoms with Gasteiger partial charge in [0.2, 0.25) is 17.7 Å². The average molecular weight is 314 g/mol. The lowest BCUT2D eigenvalue weighted by atomic mass is 9.81. The number of hydrogen-bond donors (Lipinski definition) is 1. The van der Waals surface area contributed by atoms with Gasteiger partial charge in [-0.05, 0) is 25.3 Å². The Bertz CT molecular complexity index is 600. The van der Waals surface area contributed by atoms with Crippen molar-refractivity contribution < 1.29 is 14.4 Å². The number of fused-ring (bicyclic) bond motifs is 1. The SMILES string of the molecule is Cc1ccc(CNC(=O)CN2C(=O)[C@H]3CCCC[C@H]3C2=O)cc1. The number of likely N-dealkylation sites (tertiary alicyclic amines) is 1. The number of carbonyl (C=O) groups excluding carboxylic acids is 3. The molecule has 0 bridgehead atoms. The summed E-state index contributed by atoms with van der Waals surface area (Å²) in [6.45, 7) is 2.26. The van der Waals surface area contributed by atoms with Gasteiger partial charge < -0.3 is 5.32 Å². The Morgan fingerprint density at radius 1 is 1.09 bits per heavy atom. The molecule has 1 saturated carbocycles. The van der Waals surface area contributed by atoms with Crippen LogP contribution in [0.25, 0.3) is 0 Å². The molecule has 23 heavy (non-hydrogen) atoms. The number of nitrogens with one attached hydrogen (secondary N) is 1. The normalized spacial score (nSPS) is 23.8. The molecule has 1 aliphatic carbocycles. The van der Waals surface area contributed by atoms with Crippen molar-refractivity contribution in [3.05, 3.63) is 35.4 Å². The van der Waals surface area contributed by atoms with E-state index in [4.69, 9.17) is 0 Å². The Labute approximate surface area is 136 Å². The van der Waals surface area contributed by atoms with Gasteiger partial charge in [0.05, 0.1) is 11.8 Å². The molecule has 1 aromatic rings. The lowest BCUT2D eigenvalue weighted by molar-refractivity contribution is -0.143. The van der Waals surface area contributed by atoms with E-state index in [2.05, 4.69) is 5.32 Å². The Hall–Kier alpha value is -2.17. The third-order valence-corrected chi connectivity index (χ3v) is 4.84. The van der Waals surface area contributed by atoms with E-state index in [1.165, 1.54) is 0 Å². The van der Waals surface area contributed by atoms with Crippen molar-refractivity contribution in [2.24, 2.45) is 11.8 Å². The minimum Gasteiger partial charge on any atom is -0.350 e. The second-order valence-corrected chi connectivity index (χ2v) is 6.52. The van der Waals surface area contributed by atoms with Gasteiger partial charge in [0.15, 0.2) is 0 Å². The third kappa shape index (κ3) is 3.28. The number of carbonyl (C=O) groups is 3. The zero-order valence-electron chi connectivity index (χ0n) is 13.4. The third-order valence-electron chi connectivity index (χ3n) is 4.84. The molecule has 1 aliphatic heterocycles. The van der Waals surface area contributed by atoms with E-state index in [0.717, 1.165) is 41.7 Å².